The fourth-order valence-electron chi connectivity index (χ4n) is 1.86. The van der Waals surface area contributed by atoms with Crippen LogP contribution in [0.2, 0.25) is 0 Å². The molecule has 2 aromatic carbocycles. The van der Waals surface area contributed by atoms with Crippen molar-refractivity contribution in [2.45, 2.75) is 4.90 Å². The van der Waals surface area contributed by atoms with Crippen LogP contribution in [0.1, 0.15) is 0 Å². The van der Waals surface area contributed by atoms with E-state index < -0.39 is 48.8 Å². The van der Waals surface area contributed by atoms with E-state index in [9.17, 15) is 36.1 Å². The van der Waals surface area contributed by atoms with E-state index in [0.29, 0.717) is 5.75 Å². The second kappa shape index (κ2) is 6.55. The number of methoxy groups -OCH3 is 1. The maximum Gasteiger partial charge on any atom is 0.346 e. The Morgan fingerprint density at radius 1 is 1.00 bits per heavy atom. The first kappa shape index (κ1) is 18.4. The summed E-state index contributed by atoms with van der Waals surface area (Å²) in [6, 6.07) is 4.93. The molecule has 0 aromatic heterocycles. The molecule has 0 amide bonds. The number of hydrogen-bond donors (Lipinski definition) is 1. The predicted molar refractivity (Wildman–Crippen MR) is 76.7 cm³/mol. The smallest absolute Gasteiger partial charge is 0.346 e. The van der Waals surface area contributed by atoms with Gasteiger partial charge in [0.2, 0.25) is 11.6 Å². The van der Waals surface area contributed by atoms with Gasteiger partial charge in [-0.1, -0.05) is 0 Å². The second-order valence-corrected chi connectivity index (χ2v) is 6.14. The Hall–Kier alpha value is -2.89. The van der Waals surface area contributed by atoms with Gasteiger partial charge in [0.1, 0.15) is 5.75 Å². The van der Waals surface area contributed by atoms with E-state index in [4.69, 9.17) is 4.74 Å². The first-order chi connectivity index (χ1) is 11.6. The molecular weight excluding hydrogens is 372 g/mol. The highest BCUT2D eigenvalue weighted by Gasteiger charge is 2.38. The summed E-state index contributed by atoms with van der Waals surface area (Å²) < 4.78 is 85.5. The average molecular weight is 380 g/mol. The van der Waals surface area contributed by atoms with E-state index in [1.54, 1.807) is 4.72 Å². The Bertz CT molecular complexity index is 919. The zero-order valence-corrected chi connectivity index (χ0v) is 13.0. The average Bonchev–Trinajstić information content (AvgIpc) is 2.53. The highest BCUT2D eigenvalue weighted by Crippen LogP contribution is 2.33. The van der Waals surface area contributed by atoms with Gasteiger partial charge in [0.05, 0.1) is 12.0 Å². The van der Waals surface area contributed by atoms with Gasteiger partial charge in [-0.15, -0.1) is 0 Å². The van der Waals surface area contributed by atoms with Crippen LogP contribution in [0.15, 0.2) is 29.2 Å². The maximum atomic E-state index is 13.9. The standard InChI is InChI=1S/C13H8F4N2O5S/c1-24-7-4-2-6(3-5-7)18-25(22,23)13-10(16)8(14)12(19(20)21)9(15)11(13)17/h2-5,18H,1H3. The molecule has 134 valence electrons. The van der Waals surface area contributed by atoms with Crippen molar-refractivity contribution in [1.29, 1.82) is 0 Å². The Morgan fingerprint density at radius 3 is 1.88 bits per heavy atom. The lowest BCUT2D eigenvalue weighted by molar-refractivity contribution is -0.390. The minimum absolute atomic E-state index is 0.196. The molecule has 0 aliphatic carbocycles. The number of hydrogen-bond acceptors (Lipinski definition) is 5. The van der Waals surface area contributed by atoms with Crippen molar-refractivity contribution in [3.8, 4) is 5.75 Å². The van der Waals surface area contributed by atoms with Gasteiger partial charge in [-0.2, -0.15) is 8.78 Å². The molecule has 12 heteroatoms. The molecule has 1 N–H and O–H groups in total. The summed E-state index contributed by atoms with van der Waals surface area (Å²) in [5, 5.41) is 10.5. The normalized spacial score (nSPS) is 11.2. The van der Waals surface area contributed by atoms with Crippen LogP contribution in [0.3, 0.4) is 0 Å². The molecule has 0 heterocycles. The summed E-state index contributed by atoms with van der Waals surface area (Å²) in [6.45, 7) is 0. The fraction of sp³-hybridized carbons (Fsp3) is 0.0769. The van der Waals surface area contributed by atoms with Crippen LogP contribution in [-0.4, -0.2) is 20.5 Å². The van der Waals surface area contributed by atoms with E-state index in [1.807, 2.05) is 0 Å². The van der Waals surface area contributed by atoms with Crippen molar-refractivity contribution in [2.24, 2.45) is 0 Å². The van der Waals surface area contributed by atoms with Crippen LogP contribution in [0, 0.1) is 33.4 Å². The SMILES string of the molecule is COc1ccc(NS(=O)(=O)c2c(F)c(F)c([N+](=O)[O-])c(F)c2F)cc1. The van der Waals surface area contributed by atoms with E-state index in [-0.39, 0.29) is 5.69 Å². The summed E-state index contributed by atoms with van der Waals surface area (Å²) in [5.41, 5.74) is -2.32. The fourth-order valence-corrected chi connectivity index (χ4v) is 3.06. The molecule has 2 rings (SSSR count). The van der Waals surface area contributed by atoms with Gasteiger partial charge in [-0.3, -0.25) is 14.8 Å². The van der Waals surface area contributed by atoms with Crippen molar-refractivity contribution in [1.82, 2.24) is 0 Å². The summed E-state index contributed by atoms with van der Waals surface area (Å²) in [6.07, 6.45) is 0. The van der Waals surface area contributed by atoms with E-state index >= 15 is 0 Å². The molecule has 2 aromatic rings. The molecule has 0 bridgehead atoms. The lowest BCUT2D eigenvalue weighted by Crippen LogP contribution is -2.19. The first-order valence-corrected chi connectivity index (χ1v) is 7.75. The van der Waals surface area contributed by atoms with Crippen LogP contribution in [-0.2, 0) is 10.0 Å². The number of anilines is 1. The highest BCUT2D eigenvalue weighted by atomic mass is 32.2. The number of nitrogens with one attached hydrogen (secondary N) is 1. The molecule has 0 aliphatic rings. The van der Waals surface area contributed by atoms with Crippen LogP contribution in [0.4, 0.5) is 28.9 Å². The predicted octanol–water partition coefficient (Wildman–Crippen LogP) is 2.96. The summed E-state index contributed by atoms with van der Waals surface area (Å²) in [7, 11) is -3.79. The topological polar surface area (TPSA) is 98.5 Å². The minimum Gasteiger partial charge on any atom is -0.497 e. The molecular formula is C13H8F4N2O5S. The number of nitrogens with zero attached hydrogens (tertiary/aromatic N) is 1. The number of nitro benzene ring substituents is 1. The number of halogens is 4. The van der Waals surface area contributed by atoms with Crippen LogP contribution in [0.5, 0.6) is 5.75 Å². The molecule has 0 saturated carbocycles. The van der Waals surface area contributed by atoms with Crippen molar-refractivity contribution < 1.29 is 35.6 Å². The van der Waals surface area contributed by atoms with Crippen molar-refractivity contribution in [3.63, 3.8) is 0 Å². The van der Waals surface area contributed by atoms with Crippen molar-refractivity contribution in [3.05, 3.63) is 57.6 Å². The Labute approximate surface area is 138 Å². The van der Waals surface area contributed by atoms with Crippen LogP contribution >= 0.6 is 0 Å². The third kappa shape index (κ3) is 3.33. The molecule has 0 radical (unpaired) electrons. The van der Waals surface area contributed by atoms with Gasteiger partial charge >= 0.3 is 5.69 Å². The molecule has 0 saturated heterocycles. The van der Waals surface area contributed by atoms with Crippen LogP contribution in [0.25, 0.3) is 0 Å². The molecule has 0 fully saturated rings. The lowest BCUT2D eigenvalue weighted by atomic mass is 10.2. The van der Waals surface area contributed by atoms with E-state index in [0.717, 1.165) is 12.1 Å². The van der Waals surface area contributed by atoms with E-state index in [1.165, 1.54) is 19.2 Å². The van der Waals surface area contributed by atoms with Crippen LogP contribution < -0.4 is 9.46 Å². The molecule has 25 heavy (non-hydrogen) atoms. The van der Waals surface area contributed by atoms with Gasteiger partial charge in [0.25, 0.3) is 10.0 Å². The van der Waals surface area contributed by atoms with Gasteiger partial charge < -0.3 is 4.74 Å². The summed E-state index contributed by atoms with van der Waals surface area (Å²) in [5.74, 6) is -9.34. The van der Waals surface area contributed by atoms with E-state index in [2.05, 4.69) is 0 Å². The Morgan fingerprint density at radius 2 is 1.48 bits per heavy atom. The third-order valence-electron chi connectivity index (χ3n) is 2.99. The number of nitro groups is 1. The van der Waals surface area contributed by atoms with Crippen molar-refractivity contribution >= 4 is 21.4 Å². The van der Waals surface area contributed by atoms with Crippen molar-refractivity contribution in [2.75, 3.05) is 11.8 Å². The number of ether oxygens (including phenoxy) is 1. The maximum absolute atomic E-state index is 13.9. The highest BCUT2D eigenvalue weighted by molar-refractivity contribution is 7.92. The number of rotatable bonds is 5. The zero-order valence-electron chi connectivity index (χ0n) is 12.2. The van der Waals surface area contributed by atoms with Gasteiger partial charge in [0, 0.05) is 5.69 Å². The molecule has 0 atom stereocenters. The summed E-state index contributed by atoms with van der Waals surface area (Å²) in [4.78, 5) is 6.76. The summed E-state index contributed by atoms with van der Waals surface area (Å²) >= 11 is 0. The van der Waals surface area contributed by atoms with Gasteiger partial charge in [0.15, 0.2) is 16.5 Å². The molecule has 0 unspecified atom stereocenters. The first-order valence-electron chi connectivity index (χ1n) is 6.27. The molecule has 0 spiro atoms. The Balaban J connectivity index is 2.57. The lowest BCUT2D eigenvalue weighted by Gasteiger charge is -2.11. The van der Waals surface area contributed by atoms with Gasteiger partial charge in [-0.25, -0.2) is 17.2 Å². The number of benzene rings is 2. The quantitative estimate of drug-likeness (QED) is 0.372. The largest absolute Gasteiger partial charge is 0.497 e. The second-order valence-electron chi connectivity index (χ2n) is 4.52. The number of sulfonamides is 1. The van der Waals surface area contributed by atoms with Gasteiger partial charge in [-0.05, 0) is 24.3 Å². The Kier molecular flexibility index (Phi) is 4.83. The molecule has 7 nitrogen and oxygen atoms in total. The molecule has 0 aliphatic heterocycles. The monoisotopic (exact) mass is 380 g/mol. The minimum atomic E-state index is -5.13. The third-order valence-corrected chi connectivity index (χ3v) is 4.39. The zero-order chi connectivity index (χ0) is 18.9.